The van der Waals surface area contributed by atoms with Gasteiger partial charge in [-0.25, -0.2) is 0 Å². The van der Waals surface area contributed by atoms with E-state index < -0.39 is 11.0 Å². The number of ketones is 1. The average molecular weight is 155 g/mol. The van der Waals surface area contributed by atoms with Crippen LogP contribution in [-0.4, -0.2) is 16.8 Å². The minimum absolute atomic E-state index is 0.275. The number of rotatable bonds is 2. The lowest BCUT2D eigenvalue weighted by atomic mass is 10.2. The molecular weight excluding hydrogens is 150 g/mol. The summed E-state index contributed by atoms with van der Waals surface area (Å²) in [6.07, 6.45) is 3.44. The van der Waals surface area contributed by atoms with Crippen molar-refractivity contribution in [1.82, 2.24) is 0 Å². The van der Waals surface area contributed by atoms with E-state index in [9.17, 15) is 14.9 Å². The van der Waals surface area contributed by atoms with Crippen molar-refractivity contribution in [2.45, 2.75) is 6.10 Å². The van der Waals surface area contributed by atoms with Gasteiger partial charge in [0.25, 0.3) is 0 Å². The number of carbonyl (C=O) groups is 1. The molecule has 1 aliphatic heterocycles. The van der Waals surface area contributed by atoms with Crippen molar-refractivity contribution in [1.29, 1.82) is 0 Å². The van der Waals surface area contributed by atoms with Gasteiger partial charge in [-0.2, -0.15) is 0 Å². The Kier molecular flexibility index (Phi) is 2.00. The Morgan fingerprint density at radius 2 is 2.45 bits per heavy atom. The Morgan fingerprint density at radius 3 is 2.91 bits per heavy atom. The highest BCUT2D eigenvalue weighted by Crippen LogP contribution is 2.05. The normalized spacial score (nSPS) is 22.5. The van der Waals surface area contributed by atoms with Gasteiger partial charge < -0.3 is 4.74 Å². The van der Waals surface area contributed by atoms with Gasteiger partial charge in [0.2, 0.25) is 12.0 Å². The van der Waals surface area contributed by atoms with Gasteiger partial charge in [-0.15, -0.1) is 0 Å². The summed E-state index contributed by atoms with van der Waals surface area (Å²) in [5.41, 5.74) is 0. The van der Waals surface area contributed by atoms with Gasteiger partial charge in [0.15, 0.2) is 6.10 Å². The Hall–Kier alpha value is -1.65. The summed E-state index contributed by atoms with van der Waals surface area (Å²) in [5.74, 6) is -0.275. The van der Waals surface area contributed by atoms with Crippen LogP contribution < -0.4 is 0 Å². The molecule has 0 N–H and O–H groups in total. The Bertz CT molecular complexity index is 243. The van der Waals surface area contributed by atoms with E-state index in [1.54, 1.807) is 0 Å². The molecule has 0 saturated heterocycles. The predicted octanol–water partition coefficient (Wildman–Crippen LogP) is 0.258. The van der Waals surface area contributed by atoms with Crippen LogP contribution in [-0.2, 0) is 9.53 Å². The fourth-order valence-electron chi connectivity index (χ4n) is 0.642. The summed E-state index contributed by atoms with van der Waals surface area (Å²) in [7, 11) is 0. The van der Waals surface area contributed by atoms with Gasteiger partial charge in [0.05, 0.1) is 11.2 Å². The van der Waals surface area contributed by atoms with E-state index in [2.05, 4.69) is 0 Å². The van der Waals surface area contributed by atoms with Crippen LogP contribution in [0.15, 0.2) is 24.6 Å². The predicted molar refractivity (Wildman–Crippen MR) is 35.2 cm³/mol. The van der Waals surface area contributed by atoms with Crippen molar-refractivity contribution < 1.29 is 14.5 Å². The molecule has 1 aliphatic rings. The zero-order valence-corrected chi connectivity index (χ0v) is 5.47. The summed E-state index contributed by atoms with van der Waals surface area (Å²) in [4.78, 5) is 19.9. The van der Waals surface area contributed by atoms with Gasteiger partial charge in [-0.1, -0.05) is 0 Å². The minimum Gasteiger partial charge on any atom is -0.485 e. The topological polar surface area (TPSA) is 69.4 Å². The van der Waals surface area contributed by atoms with E-state index in [-0.39, 0.29) is 5.78 Å². The summed E-state index contributed by atoms with van der Waals surface area (Å²) in [6.45, 7) is 0. The SMILES string of the molecule is O=C1C=COC1C=C[N+](=O)[O-]. The maximum atomic E-state index is 10.7. The van der Waals surface area contributed by atoms with Gasteiger partial charge in [0, 0.05) is 12.2 Å². The molecule has 0 spiro atoms. The lowest BCUT2D eigenvalue weighted by Crippen LogP contribution is -2.12. The van der Waals surface area contributed by atoms with Crippen LogP contribution >= 0.6 is 0 Å². The second-order valence-electron chi connectivity index (χ2n) is 1.89. The first-order valence-electron chi connectivity index (χ1n) is 2.88. The molecule has 5 heteroatoms. The van der Waals surface area contributed by atoms with Crippen LogP contribution in [0.1, 0.15) is 0 Å². The van der Waals surface area contributed by atoms with E-state index in [4.69, 9.17) is 4.74 Å². The zero-order chi connectivity index (χ0) is 8.27. The molecule has 1 rings (SSSR count). The molecule has 1 atom stereocenters. The van der Waals surface area contributed by atoms with Crippen LogP contribution in [0.4, 0.5) is 0 Å². The monoisotopic (exact) mass is 155 g/mol. The van der Waals surface area contributed by atoms with Crippen molar-refractivity contribution in [2.24, 2.45) is 0 Å². The highest BCUT2D eigenvalue weighted by Gasteiger charge is 2.18. The number of ether oxygens (including phenoxy) is 1. The molecule has 0 aromatic carbocycles. The molecular formula is C6H5NO4. The molecule has 5 nitrogen and oxygen atoms in total. The van der Waals surface area contributed by atoms with E-state index in [0.717, 1.165) is 6.08 Å². The van der Waals surface area contributed by atoms with Crippen LogP contribution in [0, 0.1) is 10.1 Å². The lowest BCUT2D eigenvalue weighted by Gasteiger charge is -1.98. The van der Waals surface area contributed by atoms with Crippen LogP contribution in [0.2, 0.25) is 0 Å². The fourth-order valence-corrected chi connectivity index (χ4v) is 0.642. The second kappa shape index (κ2) is 2.96. The molecule has 0 aliphatic carbocycles. The molecule has 0 aromatic heterocycles. The van der Waals surface area contributed by atoms with E-state index >= 15 is 0 Å². The van der Waals surface area contributed by atoms with Crippen molar-refractivity contribution in [3.05, 3.63) is 34.7 Å². The Balaban J connectivity index is 2.52. The molecule has 0 amide bonds. The maximum absolute atomic E-state index is 10.7. The van der Waals surface area contributed by atoms with Crippen LogP contribution in [0.3, 0.4) is 0 Å². The Labute approximate surface area is 62.1 Å². The van der Waals surface area contributed by atoms with Crippen molar-refractivity contribution in [3.8, 4) is 0 Å². The van der Waals surface area contributed by atoms with E-state index in [0.29, 0.717) is 6.20 Å². The smallest absolute Gasteiger partial charge is 0.234 e. The molecule has 0 fully saturated rings. The van der Waals surface area contributed by atoms with Gasteiger partial charge in [0.1, 0.15) is 0 Å². The summed E-state index contributed by atoms with van der Waals surface area (Å²) in [6, 6.07) is 0. The number of hydrogen-bond donors (Lipinski definition) is 0. The third kappa shape index (κ3) is 1.89. The van der Waals surface area contributed by atoms with Gasteiger partial charge in [-0.3, -0.25) is 14.9 Å². The highest BCUT2D eigenvalue weighted by molar-refractivity contribution is 5.96. The quantitative estimate of drug-likeness (QED) is 0.423. The molecule has 1 unspecified atom stereocenters. The minimum atomic E-state index is -0.805. The molecule has 0 radical (unpaired) electrons. The van der Waals surface area contributed by atoms with Crippen molar-refractivity contribution >= 4 is 5.78 Å². The molecule has 0 bridgehead atoms. The zero-order valence-electron chi connectivity index (χ0n) is 5.47. The first-order chi connectivity index (χ1) is 5.20. The fraction of sp³-hybridized carbons (Fsp3) is 0.167. The van der Waals surface area contributed by atoms with Gasteiger partial charge in [-0.05, 0) is 0 Å². The lowest BCUT2D eigenvalue weighted by molar-refractivity contribution is -0.402. The molecule has 58 valence electrons. The van der Waals surface area contributed by atoms with E-state index in [1.165, 1.54) is 12.3 Å². The van der Waals surface area contributed by atoms with Crippen molar-refractivity contribution in [3.63, 3.8) is 0 Å². The first-order valence-corrected chi connectivity index (χ1v) is 2.88. The third-order valence-corrected chi connectivity index (χ3v) is 1.12. The second-order valence-corrected chi connectivity index (χ2v) is 1.89. The molecule has 11 heavy (non-hydrogen) atoms. The molecule has 0 aromatic rings. The number of carbonyl (C=O) groups excluding carboxylic acids is 1. The standard InChI is InChI=1S/C6H5NO4/c8-5-2-4-11-6(5)1-3-7(9)10/h1-4,6H. The van der Waals surface area contributed by atoms with Crippen LogP contribution in [0.25, 0.3) is 0 Å². The highest BCUT2D eigenvalue weighted by atomic mass is 16.6. The summed E-state index contributed by atoms with van der Waals surface area (Å²) < 4.78 is 4.69. The Morgan fingerprint density at radius 1 is 1.73 bits per heavy atom. The van der Waals surface area contributed by atoms with Crippen LogP contribution in [0.5, 0.6) is 0 Å². The maximum Gasteiger partial charge on any atom is 0.234 e. The third-order valence-electron chi connectivity index (χ3n) is 1.12. The number of hydrogen-bond acceptors (Lipinski definition) is 4. The molecule has 0 saturated carbocycles. The summed E-state index contributed by atoms with van der Waals surface area (Å²) >= 11 is 0. The average Bonchev–Trinajstić information content (AvgIpc) is 2.31. The van der Waals surface area contributed by atoms with Crippen molar-refractivity contribution in [2.75, 3.05) is 0 Å². The van der Waals surface area contributed by atoms with Gasteiger partial charge >= 0.3 is 0 Å². The molecule has 1 heterocycles. The number of nitrogens with zero attached hydrogens (tertiary/aromatic N) is 1. The van der Waals surface area contributed by atoms with E-state index in [1.807, 2.05) is 0 Å². The first kappa shape index (κ1) is 7.46. The largest absolute Gasteiger partial charge is 0.485 e. The number of nitro groups is 1. The summed E-state index contributed by atoms with van der Waals surface area (Å²) in [5, 5.41) is 9.79.